The molecule has 0 saturated heterocycles. The molecule has 0 saturated carbocycles. The highest BCUT2D eigenvalue weighted by atomic mass is 32.2. The minimum atomic E-state index is 0.733. The summed E-state index contributed by atoms with van der Waals surface area (Å²) >= 11 is 1.58. The van der Waals surface area contributed by atoms with E-state index >= 15 is 0 Å². The summed E-state index contributed by atoms with van der Waals surface area (Å²) in [6.07, 6.45) is 1.98. The Balaban J connectivity index is 3.24. The number of thioether (sulfide) groups is 1. The predicted octanol–water partition coefficient (Wildman–Crippen LogP) is 2.43. The summed E-state index contributed by atoms with van der Waals surface area (Å²) < 4.78 is 15.6. The molecule has 4 heteroatoms. The van der Waals surface area contributed by atoms with Crippen LogP contribution in [-0.2, 0) is 0 Å². The van der Waals surface area contributed by atoms with Crippen molar-refractivity contribution in [1.82, 2.24) is 0 Å². The summed E-state index contributed by atoms with van der Waals surface area (Å²) in [4.78, 5) is 0.982. The Kier molecular flexibility index (Phi) is 3.95. The third kappa shape index (κ3) is 2.07. The molecule has 0 spiro atoms. The van der Waals surface area contributed by atoms with E-state index in [4.69, 9.17) is 14.2 Å². The Morgan fingerprint density at radius 1 is 0.929 bits per heavy atom. The zero-order chi connectivity index (χ0) is 10.6. The topological polar surface area (TPSA) is 27.7 Å². The van der Waals surface area contributed by atoms with Crippen molar-refractivity contribution in [3.8, 4) is 17.2 Å². The number of methoxy groups -OCH3 is 3. The first-order valence-corrected chi connectivity index (χ1v) is 5.33. The lowest BCUT2D eigenvalue weighted by atomic mass is 10.3. The smallest absolute Gasteiger partial charge is 0.139 e. The molecule has 0 aliphatic heterocycles. The van der Waals surface area contributed by atoms with Crippen LogP contribution in [0.1, 0.15) is 0 Å². The van der Waals surface area contributed by atoms with Crippen LogP contribution >= 0.6 is 11.8 Å². The molecule has 0 heterocycles. The maximum Gasteiger partial charge on any atom is 0.139 e. The van der Waals surface area contributed by atoms with E-state index in [1.54, 1.807) is 33.1 Å². The molecule has 1 aromatic rings. The third-order valence-corrected chi connectivity index (χ3v) is 2.68. The monoisotopic (exact) mass is 214 g/mol. The Labute approximate surface area is 88.4 Å². The highest BCUT2D eigenvalue weighted by Gasteiger charge is 2.11. The number of ether oxygens (including phenoxy) is 3. The van der Waals surface area contributed by atoms with Gasteiger partial charge in [0.05, 0.1) is 26.2 Å². The van der Waals surface area contributed by atoms with Gasteiger partial charge in [-0.15, -0.1) is 11.8 Å². The quantitative estimate of drug-likeness (QED) is 0.719. The molecule has 0 aromatic heterocycles. The van der Waals surface area contributed by atoms with Gasteiger partial charge < -0.3 is 14.2 Å². The second-order valence-electron chi connectivity index (χ2n) is 2.57. The van der Waals surface area contributed by atoms with Gasteiger partial charge in [0.15, 0.2) is 0 Å². The van der Waals surface area contributed by atoms with Gasteiger partial charge in [0, 0.05) is 12.1 Å². The molecular formula is C10H14O3S. The van der Waals surface area contributed by atoms with E-state index in [2.05, 4.69) is 0 Å². The summed E-state index contributed by atoms with van der Waals surface area (Å²) in [5.74, 6) is 2.28. The fourth-order valence-corrected chi connectivity index (χ4v) is 1.86. The van der Waals surface area contributed by atoms with E-state index in [0.717, 1.165) is 22.1 Å². The fraction of sp³-hybridized carbons (Fsp3) is 0.400. The van der Waals surface area contributed by atoms with E-state index in [1.165, 1.54) is 0 Å². The molecule has 1 aromatic carbocycles. The molecule has 1 rings (SSSR count). The molecule has 0 aliphatic carbocycles. The second kappa shape index (κ2) is 5.00. The van der Waals surface area contributed by atoms with E-state index in [9.17, 15) is 0 Å². The van der Waals surface area contributed by atoms with Crippen molar-refractivity contribution in [3.63, 3.8) is 0 Å². The van der Waals surface area contributed by atoms with Gasteiger partial charge in [-0.3, -0.25) is 0 Å². The molecule has 3 nitrogen and oxygen atoms in total. The Hall–Kier alpha value is -1.03. The molecule has 0 bridgehead atoms. The average molecular weight is 214 g/mol. The summed E-state index contributed by atoms with van der Waals surface area (Å²) in [6.45, 7) is 0. The minimum absolute atomic E-state index is 0.733. The highest BCUT2D eigenvalue weighted by Crippen LogP contribution is 2.39. The van der Waals surface area contributed by atoms with E-state index < -0.39 is 0 Å². The van der Waals surface area contributed by atoms with Crippen LogP contribution in [0.25, 0.3) is 0 Å². The van der Waals surface area contributed by atoms with Crippen molar-refractivity contribution in [2.45, 2.75) is 4.90 Å². The van der Waals surface area contributed by atoms with Crippen LogP contribution in [0.15, 0.2) is 17.0 Å². The van der Waals surface area contributed by atoms with Crippen LogP contribution in [-0.4, -0.2) is 27.6 Å². The minimum Gasteiger partial charge on any atom is -0.496 e. The summed E-state index contributed by atoms with van der Waals surface area (Å²) in [5.41, 5.74) is 0. The summed E-state index contributed by atoms with van der Waals surface area (Å²) in [6, 6.07) is 3.68. The summed E-state index contributed by atoms with van der Waals surface area (Å²) in [5, 5.41) is 0. The number of benzene rings is 1. The molecule has 0 amide bonds. The van der Waals surface area contributed by atoms with Gasteiger partial charge >= 0.3 is 0 Å². The number of rotatable bonds is 4. The van der Waals surface area contributed by atoms with Crippen LogP contribution in [0.3, 0.4) is 0 Å². The van der Waals surface area contributed by atoms with Crippen LogP contribution in [0.4, 0.5) is 0 Å². The molecule has 0 unspecified atom stereocenters. The predicted molar refractivity (Wildman–Crippen MR) is 57.9 cm³/mol. The summed E-state index contributed by atoms with van der Waals surface area (Å²) in [7, 11) is 4.88. The molecule has 78 valence electrons. The molecule has 0 aliphatic rings. The van der Waals surface area contributed by atoms with E-state index in [0.29, 0.717) is 0 Å². The molecular weight excluding hydrogens is 200 g/mol. The van der Waals surface area contributed by atoms with Crippen molar-refractivity contribution < 1.29 is 14.2 Å². The van der Waals surface area contributed by atoms with Gasteiger partial charge in [-0.05, 0) is 6.26 Å². The van der Waals surface area contributed by atoms with Crippen LogP contribution in [0.2, 0.25) is 0 Å². The fourth-order valence-electron chi connectivity index (χ4n) is 1.17. The van der Waals surface area contributed by atoms with E-state index in [-0.39, 0.29) is 0 Å². The maximum atomic E-state index is 5.24. The molecule has 14 heavy (non-hydrogen) atoms. The van der Waals surface area contributed by atoms with Crippen LogP contribution in [0, 0.1) is 0 Å². The van der Waals surface area contributed by atoms with Gasteiger partial charge in [-0.2, -0.15) is 0 Å². The zero-order valence-corrected chi connectivity index (χ0v) is 9.60. The van der Waals surface area contributed by atoms with E-state index in [1.807, 2.05) is 18.4 Å². The molecule has 0 atom stereocenters. The first-order chi connectivity index (χ1) is 6.76. The Morgan fingerprint density at radius 3 is 1.71 bits per heavy atom. The standard InChI is InChI=1S/C10H14O3S/c1-11-7-5-8(12-2)10(14-4)9(6-7)13-3/h5-6H,1-4H3. The van der Waals surface area contributed by atoms with Gasteiger partial charge in [-0.25, -0.2) is 0 Å². The number of hydrogen-bond donors (Lipinski definition) is 0. The largest absolute Gasteiger partial charge is 0.496 e. The second-order valence-corrected chi connectivity index (χ2v) is 3.38. The molecule has 0 N–H and O–H groups in total. The lowest BCUT2D eigenvalue weighted by Gasteiger charge is -2.12. The van der Waals surface area contributed by atoms with Crippen molar-refractivity contribution in [2.75, 3.05) is 27.6 Å². The van der Waals surface area contributed by atoms with Crippen molar-refractivity contribution in [2.24, 2.45) is 0 Å². The van der Waals surface area contributed by atoms with Crippen molar-refractivity contribution >= 4 is 11.8 Å². The van der Waals surface area contributed by atoms with Crippen molar-refractivity contribution in [3.05, 3.63) is 12.1 Å². The SMILES string of the molecule is COc1cc(OC)c(SC)c(OC)c1. The molecule has 0 radical (unpaired) electrons. The van der Waals surface area contributed by atoms with Gasteiger partial charge in [0.1, 0.15) is 17.2 Å². The first-order valence-electron chi connectivity index (χ1n) is 4.10. The van der Waals surface area contributed by atoms with Crippen LogP contribution in [0.5, 0.6) is 17.2 Å². The third-order valence-electron chi connectivity index (χ3n) is 1.87. The Bertz CT molecular complexity index is 287. The maximum absolute atomic E-state index is 5.24. The lowest BCUT2D eigenvalue weighted by molar-refractivity contribution is 0.361. The lowest BCUT2D eigenvalue weighted by Crippen LogP contribution is -1.93. The van der Waals surface area contributed by atoms with Crippen molar-refractivity contribution in [1.29, 1.82) is 0 Å². The molecule has 0 fully saturated rings. The van der Waals surface area contributed by atoms with Gasteiger partial charge in [0.25, 0.3) is 0 Å². The first kappa shape index (κ1) is 11.0. The normalized spacial score (nSPS) is 9.71. The van der Waals surface area contributed by atoms with Crippen LogP contribution < -0.4 is 14.2 Å². The average Bonchev–Trinajstić information content (AvgIpc) is 2.26. The Morgan fingerprint density at radius 2 is 1.43 bits per heavy atom. The van der Waals surface area contributed by atoms with Gasteiger partial charge in [-0.1, -0.05) is 0 Å². The van der Waals surface area contributed by atoms with Gasteiger partial charge in [0.2, 0.25) is 0 Å². The zero-order valence-electron chi connectivity index (χ0n) is 8.79. The number of hydrogen-bond acceptors (Lipinski definition) is 4. The highest BCUT2D eigenvalue weighted by molar-refractivity contribution is 7.98.